The second-order valence-electron chi connectivity index (χ2n) is 5.40. The Kier molecular flexibility index (Phi) is 5.04. The zero-order chi connectivity index (χ0) is 14.6. The number of esters is 1. The number of aryl methyl sites for hydroxylation is 1. The molecule has 7 heteroatoms. The molecule has 2 rings (SSSR count). The normalized spacial score (nSPS) is 17.8. The van der Waals surface area contributed by atoms with Gasteiger partial charge < -0.3 is 4.74 Å². The minimum atomic E-state index is -0.578. The summed E-state index contributed by atoms with van der Waals surface area (Å²) in [4.78, 5) is 16.2. The molecule has 1 saturated carbocycles. The molecule has 112 valence electrons. The third-order valence-corrected chi connectivity index (χ3v) is 4.30. The Hall–Kier alpha value is -1.08. The lowest BCUT2D eigenvalue weighted by atomic mass is 9.96. The van der Waals surface area contributed by atoms with Gasteiger partial charge >= 0.3 is 5.97 Å². The summed E-state index contributed by atoms with van der Waals surface area (Å²) in [7, 11) is 1.44. The largest absolute Gasteiger partial charge is 0.468 e. The fourth-order valence-electron chi connectivity index (χ4n) is 2.11. The first-order valence-electron chi connectivity index (χ1n) is 6.91. The Labute approximate surface area is 123 Å². The highest BCUT2D eigenvalue weighted by atomic mass is 32.2. The van der Waals surface area contributed by atoms with Gasteiger partial charge in [0.1, 0.15) is 11.4 Å². The molecule has 0 bridgehead atoms. The van der Waals surface area contributed by atoms with Crippen molar-refractivity contribution in [2.24, 2.45) is 0 Å². The first-order valence-corrected chi connectivity index (χ1v) is 7.90. The van der Waals surface area contributed by atoms with Crippen LogP contribution >= 0.6 is 11.8 Å². The smallest absolute Gasteiger partial charge is 0.325 e. The number of nitrogens with zero attached hydrogens (tertiary/aromatic N) is 2. The summed E-state index contributed by atoms with van der Waals surface area (Å²) in [6.45, 7) is 3.81. The molecule has 1 aliphatic rings. The predicted octanol–water partition coefficient (Wildman–Crippen LogP) is 1.67. The van der Waals surface area contributed by atoms with Crippen molar-refractivity contribution in [3.05, 3.63) is 5.82 Å². The van der Waals surface area contributed by atoms with E-state index in [2.05, 4.69) is 20.5 Å². The first-order chi connectivity index (χ1) is 9.53. The molecular formula is C13H22N4O2S. The second-order valence-corrected chi connectivity index (χ2v) is 6.46. The van der Waals surface area contributed by atoms with Crippen molar-refractivity contribution in [3.63, 3.8) is 0 Å². The molecule has 1 unspecified atom stereocenters. The van der Waals surface area contributed by atoms with Gasteiger partial charge in [0.25, 0.3) is 0 Å². The molecule has 1 atom stereocenters. The highest BCUT2D eigenvalue weighted by molar-refractivity contribution is 7.99. The van der Waals surface area contributed by atoms with Crippen molar-refractivity contribution in [2.45, 2.75) is 56.3 Å². The minimum absolute atomic E-state index is 0.178. The van der Waals surface area contributed by atoms with E-state index in [0.717, 1.165) is 42.4 Å². The van der Waals surface area contributed by atoms with Gasteiger partial charge in [0.2, 0.25) is 5.16 Å². The number of aromatic nitrogens is 3. The molecule has 1 aromatic rings. The van der Waals surface area contributed by atoms with Crippen molar-refractivity contribution in [2.75, 3.05) is 12.9 Å². The standard InChI is InChI=1S/C13H22N4O2S/c1-9-14-12(17-16-9)20-8-4-7-13(2,11(18)19-3)15-10-5-6-10/h10,15H,4-8H2,1-3H3,(H,14,16,17). The lowest BCUT2D eigenvalue weighted by Gasteiger charge is -2.28. The number of ether oxygens (including phenoxy) is 1. The van der Waals surface area contributed by atoms with Crippen LogP contribution in [0, 0.1) is 6.92 Å². The third-order valence-electron chi connectivity index (χ3n) is 3.36. The molecular weight excluding hydrogens is 276 g/mol. The summed E-state index contributed by atoms with van der Waals surface area (Å²) in [5.41, 5.74) is -0.578. The summed E-state index contributed by atoms with van der Waals surface area (Å²) < 4.78 is 4.92. The van der Waals surface area contributed by atoms with E-state index in [-0.39, 0.29) is 5.97 Å². The maximum Gasteiger partial charge on any atom is 0.325 e. The Morgan fingerprint density at radius 1 is 1.60 bits per heavy atom. The Morgan fingerprint density at radius 2 is 2.35 bits per heavy atom. The number of rotatable bonds is 8. The highest BCUT2D eigenvalue weighted by Crippen LogP contribution is 2.26. The zero-order valence-corrected chi connectivity index (χ0v) is 13.0. The molecule has 1 fully saturated rings. The number of hydrogen-bond donors (Lipinski definition) is 2. The predicted molar refractivity (Wildman–Crippen MR) is 77.7 cm³/mol. The fraction of sp³-hybridized carbons (Fsp3) is 0.769. The summed E-state index contributed by atoms with van der Waals surface area (Å²) >= 11 is 1.60. The van der Waals surface area contributed by atoms with Crippen LogP contribution in [0.15, 0.2) is 5.16 Å². The van der Waals surface area contributed by atoms with Gasteiger partial charge in [0.05, 0.1) is 7.11 Å². The van der Waals surface area contributed by atoms with Crippen LogP contribution in [0.1, 0.15) is 38.4 Å². The molecule has 1 aliphatic carbocycles. The Balaban J connectivity index is 1.77. The van der Waals surface area contributed by atoms with E-state index in [1.165, 1.54) is 7.11 Å². The second kappa shape index (κ2) is 6.58. The van der Waals surface area contributed by atoms with Crippen LogP contribution in [0.5, 0.6) is 0 Å². The Morgan fingerprint density at radius 3 is 2.90 bits per heavy atom. The summed E-state index contributed by atoms with van der Waals surface area (Å²) in [6, 6.07) is 0.474. The number of nitrogens with one attached hydrogen (secondary N) is 2. The van der Waals surface area contributed by atoms with Crippen LogP contribution in [-0.4, -0.2) is 45.6 Å². The van der Waals surface area contributed by atoms with E-state index in [1.807, 2.05) is 13.8 Å². The van der Waals surface area contributed by atoms with Gasteiger partial charge in [-0.1, -0.05) is 11.8 Å². The first kappa shape index (κ1) is 15.3. The van der Waals surface area contributed by atoms with E-state index in [0.29, 0.717) is 6.04 Å². The van der Waals surface area contributed by atoms with Crippen molar-refractivity contribution in [1.82, 2.24) is 20.5 Å². The number of aromatic amines is 1. The third kappa shape index (κ3) is 4.21. The van der Waals surface area contributed by atoms with E-state index < -0.39 is 5.54 Å². The molecule has 0 aromatic carbocycles. The lowest BCUT2D eigenvalue weighted by Crippen LogP contribution is -2.51. The maximum absolute atomic E-state index is 11.9. The topological polar surface area (TPSA) is 79.9 Å². The number of thioether (sulfide) groups is 1. The van der Waals surface area contributed by atoms with E-state index in [4.69, 9.17) is 4.74 Å². The number of H-pyrrole nitrogens is 1. The van der Waals surface area contributed by atoms with Gasteiger partial charge in [-0.05, 0) is 39.5 Å². The average molecular weight is 298 g/mol. The Bertz CT molecular complexity index is 461. The van der Waals surface area contributed by atoms with Crippen molar-refractivity contribution in [1.29, 1.82) is 0 Å². The summed E-state index contributed by atoms with van der Waals surface area (Å²) in [6.07, 6.45) is 3.96. The molecule has 6 nitrogen and oxygen atoms in total. The van der Waals surface area contributed by atoms with Crippen LogP contribution in [0.3, 0.4) is 0 Å². The van der Waals surface area contributed by atoms with Gasteiger partial charge in [-0.2, -0.15) is 0 Å². The zero-order valence-electron chi connectivity index (χ0n) is 12.2. The van der Waals surface area contributed by atoms with Gasteiger partial charge in [-0.3, -0.25) is 15.2 Å². The average Bonchev–Trinajstić information content (AvgIpc) is 3.14. The molecule has 1 aromatic heterocycles. The van der Waals surface area contributed by atoms with Gasteiger partial charge in [-0.25, -0.2) is 4.98 Å². The number of carbonyl (C=O) groups excluding carboxylic acids is 1. The number of carbonyl (C=O) groups is 1. The van der Waals surface area contributed by atoms with Crippen LogP contribution in [0.25, 0.3) is 0 Å². The maximum atomic E-state index is 11.9. The fourth-order valence-corrected chi connectivity index (χ4v) is 2.90. The van der Waals surface area contributed by atoms with Crippen molar-refractivity contribution >= 4 is 17.7 Å². The summed E-state index contributed by atoms with van der Waals surface area (Å²) in [5.74, 6) is 1.53. The molecule has 2 N–H and O–H groups in total. The van der Waals surface area contributed by atoms with Crippen molar-refractivity contribution < 1.29 is 9.53 Å². The van der Waals surface area contributed by atoms with E-state index in [1.54, 1.807) is 11.8 Å². The molecule has 20 heavy (non-hydrogen) atoms. The van der Waals surface area contributed by atoms with Crippen LogP contribution in [0.2, 0.25) is 0 Å². The molecule has 0 saturated heterocycles. The molecule has 1 heterocycles. The van der Waals surface area contributed by atoms with Crippen molar-refractivity contribution in [3.8, 4) is 0 Å². The van der Waals surface area contributed by atoms with E-state index in [9.17, 15) is 4.79 Å². The van der Waals surface area contributed by atoms with Crippen LogP contribution < -0.4 is 5.32 Å². The van der Waals surface area contributed by atoms with Gasteiger partial charge in [0.15, 0.2) is 0 Å². The van der Waals surface area contributed by atoms with E-state index >= 15 is 0 Å². The summed E-state index contributed by atoms with van der Waals surface area (Å²) in [5, 5.41) is 11.1. The minimum Gasteiger partial charge on any atom is -0.468 e. The SMILES string of the molecule is COC(=O)C(C)(CCCSc1n[nH]c(C)n1)NC1CC1. The molecule has 0 aliphatic heterocycles. The van der Waals surface area contributed by atoms with Gasteiger partial charge in [0, 0.05) is 11.8 Å². The van der Waals surface area contributed by atoms with Crippen LogP contribution in [0.4, 0.5) is 0 Å². The monoisotopic (exact) mass is 298 g/mol. The lowest BCUT2D eigenvalue weighted by molar-refractivity contribution is -0.148. The molecule has 0 spiro atoms. The number of hydrogen-bond acceptors (Lipinski definition) is 6. The van der Waals surface area contributed by atoms with Crippen LogP contribution in [-0.2, 0) is 9.53 Å². The highest BCUT2D eigenvalue weighted by Gasteiger charge is 2.38. The number of methoxy groups -OCH3 is 1. The van der Waals surface area contributed by atoms with Gasteiger partial charge in [-0.15, -0.1) is 5.10 Å². The molecule has 0 radical (unpaired) electrons. The quantitative estimate of drug-likeness (QED) is 0.432. The molecule has 0 amide bonds.